The zero-order valence-corrected chi connectivity index (χ0v) is 20.9. The largest absolute Gasteiger partial charge is 0.330 e. The van der Waals surface area contributed by atoms with Crippen molar-refractivity contribution in [1.29, 1.82) is 0 Å². The lowest BCUT2D eigenvalue weighted by atomic mass is 10.0. The summed E-state index contributed by atoms with van der Waals surface area (Å²) >= 11 is 0. The standard InChI is InChI=1S/C24H51O3P/c1-7-13-16-22(10-4)19-26-28(25,21-24(12-6)18-15-9-3)27-20-23(11-5)17-14-8-2/h22-24H,7-21H2,1-6H3/t22-,23+,24-,28?/m0/s1. The Labute approximate surface area is 177 Å². The zero-order valence-electron chi connectivity index (χ0n) is 20.0. The molecule has 3 nitrogen and oxygen atoms in total. The molecule has 0 bridgehead atoms. The Morgan fingerprint density at radius 2 is 0.964 bits per heavy atom. The first-order chi connectivity index (χ1) is 13.5. The van der Waals surface area contributed by atoms with Crippen LogP contribution < -0.4 is 0 Å². The molecule has 0 heterocycles. The van der Waals surface area contributed by atoms with Crippen LogP contribution in [0.3, 0.4) is 0 Å². The van der Waals surface area contributed by atoms with Crippen molar-refractivity contribution in [2.45, 2.75) is 119 Å². The van der Waals surface area contributed by atoms with Gasteiger partial charge in [-0.25, -0.2) is 0 Å². The Balaban J connectivity index is 4.97. The van der Waals surface area contributed by atoms with Crippen LogP contribution in [0.5, 0.6) is 0 Å². The summed E-state index contributed by atoms with van der Waals surface area (Å²) in [7, 11) is -3.03. The van der Waals surface area contributed by atoms with Gasteiger partial charge in [-0.15, -0.1) is 0 Å². The van der Waals surface area contributed by atoms with Gasteiger partial charge in [0.2, 0.25) is 0 Å². The van der Waals surface area contributed by atoms with E-state index in [0.29, 0.717) is 37.1 Å². The summed E-state index contributed by atoms with van der Waals surface area (Å²) in [6.45, 7) is 14.5. The molecule has 0 aromatic rings. The van der Waals surface area contributed by atoms with Crippen molar-refractivity contribution in [2.24, 2.45) is 17.8 Å². The lowest BCUT2D eigenvalue weighted by molar-refractivity contribution is 0.148. The van der Waals surface area contributed by atoms with Crippen LogP contribution in [-0.2, 0) is 13.6 Å². The lowest BCUT2D eigenvalue weighted by Gasteiger charge is -2.27. The van der Waals surface area contributed by atoms with Gasteiger partial charge in [0.1, 0.15) is 0 Å². The third-order valence-corrected chi connectivity index (χ3v) is 8.17. The normalized spacial score (nSPS) is 17.2. The van der Waals surface area contributed by atoms with Crippen molar-refractivity contribution < 1.29 is 13.6 Å². The topological polar surface area (TPSA) is 35.5 Å². The first-order valence-electron chi connectivity index (χ1n) is 12.4. The van der Waals surface area contributed by atoms with E-state index < -0.39 is 7.60 Å². The maximum absolute atomic E-state index is 13.7. The number of hydrogen-bond donors (Lipinski definition) is 0. The third-order valence-electron chi connectivity index (χ3n) is 6.13. The molecule has 28 heavy (non-hydrogen) atoms. The first-order valence-corrected chi connectivity index (χ1v) is 14.1. The van der Waals surface area contributed by atoms with Crippen LogP contribution in [-0.4, -0.2) is 19.4 Å². The quantitative estimate of drug-likeness (QED) is 0.185. The van der Waals surface area contributed by atoms with Gasteiger partial charge in [0.15, 0.2) is 0 Å². The van der Waals surface area contributed by atoms with Gasteiger partial charge in [-0.05, 0) is 37.0 Å². The fourth-order valence-corrected chi connectivity index (χ4v) is 5.84. The fraction of sp³-hybridized carbons (Fsp3) is 1.00. The molecule has 0 aliphatic heterocycles. The van der Waals surface area contributed by atoms with Crippen LogP contribution in [0.2, 0.25) is 0 Å². The molecule has 0 aromatic heterocycles. The summed E-state index contributed by atoms with van der Waals surface area (Å²) in [5.74, 6) is 1.43. The van der Waals surface area contributed by atoms with E-state index in [1.807, 2.05) is 0 Å². The maximum atomic E-state index is 13.7. The van der Waals surface area contributed by atoms with Crippen LogP contribution in [0, 0.1) is 17.8 Å². The Morgan fingerprint density at radius 3 is 1.29 bits per heavy atom. The average Bonchev–Trinajstić information content (AvgIpc) is 2.71. The van der Waals surface area contributed by atoms with E-state index in [0.717, 1.165) is 38.5 Å². The smallest absolute Gasteiger partial charge is 0.308 e. The second-order valence-corrected chi connectivity index (χ2v) is 10.7. The van der Waals surface area contributed by atoms with Crippen molar-refractivity contribution in [2.75, 3.05) is 19.4 Å². The Kier molecular flexibility index (Phi) is 18.1. The van der Waals surface area contributed by atoms with Gasteiger partial charge in [-0.3, -0.25) is 4.57 Å². The highest BCUT2D eigenvalue weighted by molar-refractivity contribution is 7.53. The summed E-state index contributed by atoms with van der Waals surface area (Å²) in [5.41, 5.74) is 0. The summed E-state index contributed by atoms with van der Waals surface area (Å²) in [6.07, 6.45) is 14.5. The Morgan fingerprint density at radius 1 is 0.607 bits per heavy atom. The third kappa shape index (κ3) is 13.4. The molecule has 0 radical (unpaired) electrons. The molecule has 0 saturated heterocycles. The zero-order chi connectivity index (χ0) is 21.3. The van der Waals surface area contributed by atoms with E-state index in [1.165, 1.54) is 38.5 Å². The summed E-state index contributed by atoms with van der Waals surface area (Å²) in [6, 6.07) is 0. The van der Waals surface area contributed by atoms with Gasteiger partial charge < -0.3 is 9.05 Å². The molecule has 0 saturated carbocycles. The van der Waals surface area contributed by atoms with Gasteiger partial charge in [-0.2, -0.15) is 0 Å². The van der Waals surface area contributed by atoms with E-state index in [2.05, 4.69) is 41.5 Å². The van der Waals surface area contributed by atoms with Gasteiger partial charge in [0.25, 0.3) is 0 Å². The van der Waals surface area contributed by atoms with E-state index in [9.17, 15) is 4.57 Å². The van der Waals surface area contributed by atoms with Crippen LogP contribution in [0.1, 0.15) is 119 Å². The number of unbranched alkanes of at least 4 members (excludes halogenated alkanes) is 3. The predicted octanol–water partition coefficient (Wildman–Crippen LogP) is 8.86. The summed E-state index contributed by atoms with van der Waals surface area (Å²) < 4.78 is 25.9. The van der Waals surface area contributed by atoms with Gasteiger partial charge >= 0.3 is 7.60 Å². The fourth-order valence-electron chi connectivity index (χ4n) is 3.61. The second kappa shape index (κ2) is 18.0. The van der Waals surface area contributed by atoms with Crippen molar-refractivity contribution in [3.8, 4) is 0 Å². The molecule has 0 aliphatic rings. The van der Waals surface area contributed by atoms with E-state index in [4.69, 9.17) is 9.05 Å². The Hall–Kier alpha value is 0.150. The minimum absolute atomic E-state index is 0.442. The minimum atomic E-state index is -3.03. The summed E-state index contributed by atoms with van der Waals surface area (Å²) in [5, 5.41) is 0. The number of rotatable bonds is 20. The molecule has 0 spiro atoms. The van der Waals surface area contributed by atoms with Crippen LogP contribution in [0.25, 0.3) is 0 Å². The minimum Gasteiger partial charge on any atom is -0.308 e. The molecule has 0 aliphatic carbocycles. The molecule has 4 heteroatoms. The first kappa shape index (κ1) is 28.1. The van der Waals surface area contributed by atoms with Crippen LogP contribution in [0.15, 0.2) is 0 Å². The molecular formula is C24H51O3P. The van der Waals surface area contributed by atoms with Crippen LogP contribution in [0.4, 0.5) is 0 Å². The van der Waals surface area contributed by atoms with Crippen molar-refractivity contribution in [1.82, 2.24) is 0 Å². The molecule has 4 atom stereocenters. The van der Waals surface area contributed by atoms with Gasteiger partial charge in [-0.1, -0.05) is 99.3 Å². The van der Waals surface area contributed by atoms with Gasteiger partial charge in [0, 0.05) is 0 Å². The predicted molar refractivity (Wildman–Crippen MR) is 124 cm³/mol. The molecule has 0 fully saturated rings. The van der Waals surface area contributed by atoms with Crippen molar-refractivity contribution >= 4 is 7.60 Å². The highest BCUT2D eigenvalue weighted by Gasteiger charge is 2.30. The Bertz CT molecular complexity index is 362. The highest BCUT2D eigenvalue weighted by Crippen LogP contribution is 2.52. The highest BCUT2D eigenvalue weighted by atomic mass is 31.2. The lowest BCUT2D eigenvalue weighted by Crippen LogP contribution is -2.16. The molecule has 0 rings (SSSR count). The molecule has 0 amide bonds. The second-order valence-electron chi connectivity index (χ2n) is 8.63. The van der Waals surface area contributed by atoms with Gasteiger partial charge in [0.05, 0.1) is 19.4 Å². The average molecular weight is 419 g/mol. The molecule has 1 unspecified atom stereocenters. The van der Waals surface area contributed by atoms with E-state index in [-0.39, 0.29) is 0 Å². The van der Waals surface area contributed by atoms with E-state index >= 15 is 0 Å². The molecular weight excluding hydrogens is 367 g/mol. The van der Waals surface area contributed by atoms with E-state index in [1.54, 1.807) is 0 Å². The number of hydrogen-bond acceptors (Lipinski definition) is 3. The monoisotopic (exact) mass is 418 g/mol. The van der Waals surface area contributed by atoms with Crippen molar-refractivity contribution in [3.63, 3.8) is 0 Å². The maximum Gasteiger partial charge on any atom is 0.330 e. The molecule has 0 aromatic carbocycles. The van der Waals surface area contributed by atoms with Crippen LogP contribution >= 0.6 is 7.60 Å². The summed E-state index contributed by atoms with van der Waals surface area (Å²) in [4.78, 5) is 0. The molecule has 170 valence electrons. The van der Waals surface area contributed by atoms with Crippen molar-refractivity contribution in [3.05, 3.63) is 0 Å². The SMILES string of the molecule is CCCC[C@@H](CC)COP(=O)(C[C@@H](CC)CCCC)OC[C@@H](CC)CCCC. The molecule has 0 N–H and O–H groups in total.